The molecule has 1 aliphatic rings. The van der Waals surface area contributed by atoms with Crippen LogP contribution in [-0.4, -0.2) is 6.73 Å². The molecule has 0 saturated heterocycles. The molecule has 1 aliphatic heterocycles. The number of nitrogens with zero attached hydrogens (tertiary/aromatic N) is 1. The highest BCUT2D eigenvalue weighted by Gasteiger charge is 2.16. The first-order valence-corrected chi connectivity index (χ1v) is 5.24. The smallest absolute Gasteiger partial charge is 0.161 e. The number of rotatable bonds is 1. The van der Waals surface area contributed by atoms with Crippen molar-refractivity contribution in [2.75, 3.05) is 11.6 Å². The van der Waals surface area contributed by atoms with Gasteiger partial charge in [0.2, 0.25) is 0 Å². The molecule has 0 N–H and O–H groups in total. The van der Waals surface area contributed by atoms with E-state index < -0.39 is 6.50 Å². The normalized spacial score (nSPS) is 19.1. The van der Waals surface area contributed by atoms with Gasteiger partial charge < -0.3 is 9.64 Å². The molecule has 0 aliphatic carbocycles. The van der Waals surface area contributed by atoms with Gasteiger partial charge in [-0.1, -0.05) is 36.4 Å². The molecular formula is C14H13NO. The van der Waals surface area contributed by atoms with E-state index in [2.05, 4.69) is 0 Å². The van der Waals surface area contributed by atoms with E-state index in [0.29, 0.717) is 11.3 Å². The lowest BCUT2D eigenvalue weighted by Gasteiger charge is -2.30. The summed E-state index contributed by atoms with van der Waals surface area (Å²) in [5.41, 5.74) is 1.39. The van der Waals surface area contributed by atoms with Crippen LogP contribution in [-0.2, 0) is 6.50 Å². The second-order valence-electron chi connectivity index (χ2n) is 3.64. The monoisotopic (exact) mass is 213 g/mol. The summed E-state index contributed by atoms with van der Waals surface area (Å²) < 4.78 is 22.2. The second kappa shape index (κ2) is 3.89. The van der Waals surface area contributed by atoms with Crippen LogP contribution in [0.5, 0.6) is 5.75 Å². The molecule has 0 radical (unpaired) electrons. The van der Waals surface area contributed by atoms with Crippen LogP contribution in [0.1, 0.15) is 8.30 Å². The lowest BCUT2D eigenvalue weighted by atomic mass is 10.1. The molecule has 0 fully saturated rings. The van der Waals surface area contributed by atoms with Crippen LogP contribution in [0.25, 0.3) is 0 Å². The molecule has 0 aromatic heterocycles. The van der Waals surface area contributed by atoms with Crippen molar-refractivity contribution in [3.05, 3.63) is 60.2 Å². The fourth-order valence-corrected chi connectivity index (χ4v) is 1.74. The maximum absolute atomic E-state index is 8.32. The Balaban J connectivity index is 2.06. The van der Waals surface area contributed by atoms with Gasteiger partial charge in [0.05, 0.1) is 2.74 Å². The highest BCUT2D eigenvalue weighted by Crippen LogP contribution is 2.27. The lowest BCUT2D eigenvalue weighted by molar-refractivity contribution is 0.289. The average molecular weight is 213 g/mol. The minimum Gasteiger partial charge on any atom is -0.473 e. The predicted molar refractivity (Wildman–Crippen MR) is 64.6 cm³/mol. The molecule has 2 nitrogen and oxygen atoms in total. The van der Waals surface area contributed by atoms with E-state index >= 15 is 0 Å². The van der Waals surface area contributed by atoms with Crippen molar-refractivity contribution in [3.8, 4) is 5.75 Å². The molecular weight excluding hydrogens is 198 g/mol. The van der Waals surface area contributed by atoms with Crippen molar-refractivity contribution in [1.82, 2.24) is 0 Å². The number of fused-ring (bicyclic) bond motifs is 1. The molecule has 0 amide bonds. The van der Waals surface area contributed by atoms with Crippen molar-refractivity contribution in [1.29, 1.82) is 0 Å². The van der Waals surface area contributed by atoms with Crippen molar-refractivity contribution >= 4 is 5.69 Å². The maximum atomic E-state index is 8.32. The summed E-state index contributed by atoms with van der Waals surface area (Å²) in [6.07, 6.45) is 0. The number of anilines is 1. The SMILES string of the molecule is [2H]C1([2H])c2ccccc2OCN1c1ccccc1. The zero-order valence-corrected chi connectivity index (χ0v) is 8.76. The Morgan fingerprint density at radius 2 is 1.75 bits per heavy atom. The van der Waals surface area contributed by atoms with E-state index in [9.17, 15) is 0 Å². The van der Waals surface area contributed by atoms with Gasteiger partial charge >= 0.3 is 0 Å². The van der Waals surface area contributed by atoms with Gasteiger partial charge in [0.15, 0.2) is 6.73 Å². The molecule has 0 unspecified atom stereocenters. The lowest BCUT2D eigenvalue weighted by Crippen LogP contribution is -2.31. The van der Waals surface area contributed by atoms with Crippen LogP contribution < -0.4 is 9.64 Å². The number of benzene rings is 2. The summed E-state index contributed by atoms with van der Waals surface area (Å²) >= 11 is 0. The minimum atomic E-state index is -1.56. The van der Waals surface area contributed by atoms with Crippen molar-refractivity contribution < 1.29 is 7.48 Å². The zero-order valence-electron chi connectivity index (χ0n) is 10.8. The van der Waals surface area contributed by atoms with Gasteiger partial charge in [-0.2, -0.15) is 0 Å². The summed E-state index contributed by atoms with van der Waals surface area (Å²) in [6.45, 7) is -1.34. The van der Waals surface area contributed by atoms with Crippen molar-refractivity contribution in [2.45, 2.75) is 6.50 Å². The summed E-state index contributed by atoms with van der Waals surface area (Å²) in [7, 11) is 0. The number of para-hydroxylation sites is 2. The van der Waals surface area contributed by atoms with E-state index in [0.717, 1.165) is 5.69 Å². The number of hydrogen-bond donors (Lipinski definition) is 0. The van der Waals surface area contributed by atoms with Crippen LogP contribution in [0, 0.1) is 0 Å². The Labute approximate surface area is 97.9 Å². The summed E-state index contributed by atoms with van der Waals surface area (Å²) in [4.78, 5) is 1.62. The molecule has 0 atom stereocenters. The van der Waals surface area contributed by atoms with Gasteiger partial charge in [0.25, 0.3) is 0 Å². The third-order valence-corrected chi connectivity index (χ3v) is 2.56. The van der Waals surface area contributed by atoms with E-state index in [-0.39, 0.29) is 6.73 Å². The molecule has 1 heterocycles. The highest BCUT2D eigenvalue weighted by atomic mass is 16.5. The fraction of sp³-hybridized carbons (Fsp3) is 0.143. The molecule has 2 aromatic carbocycles. The zero-order chi connectivity index (χ0) is 12.6. The summed E-state index contributed by atoms with van der Waals surface area (Å²) in [5, 5.41) is 0. The third-order valence-electron chi connectivity index (χ3n) is 2.56. The quantitative estimate of drug-likeness (QED) is 0.722. The Hall–Kier alpha value is -1.96. The van der Waals surface area contributed by atoms with Crippen LogP contribution >= 0.6 is 0 Å². The average Bonchev–Trinajstić information content (AvgIpc) is 2.40. The Morgan fingerprint density at radius 1 is 1.00 bits per heavy atom. The van der Waals surface area contributed by atoms with Crippen molar-refractivity contribution in [2.24, 2.45) is 0 Å². The molecule has 16 heavy (non-hydrogen) atoms. The van der Waals surface area contributed by atoms with Gasteiger partial charge in [0, 0.05) is 17.7 Å². The van der Waals surface area contributed by atoms with E-state index in [1.54, 1.807) is 17.0 Å². The Morgan fingerprint density at radius 3 is 2.62 bits per heavy atom. The van der Waals surface area contributed by atoms with E-state index in [4.69, 9.17) is 7.48 Å². The first kappa shape index (κ1) is 7.34. The van der Waals surface area contributed by atoms with Crippen LogP contribution in [0.3, 0.4) is 0 Å². The topological polar surface area (TPSA) is 12.5 Å². The fourth-order valence-electron chi connectivity index (χ4n) is 1.74. The molecule has 2 heteroatoms. The van der Waals surface area contributed by atoms with Crippen LogP contribution in [0.2, 0.25) is 0 Å². The predicted octanol–water partition coefficient (Wildman–Crippen LogP) is 3.04. The molecule has 3 rings (SSSR count). The largest absolute Gasteiger partial charge is 0.473 e. The maximum Gasteiger partial charge on any atom is 0.161 e. The minimum absolute atomic E-state index is 0.216. The summed E-state index contributed by atoms with van der Waals surface area (Å²) in [6, 6.07) is 16.7. The number of hydrogen-bond acceptors (Lipinski definition) is 2. The first-order valence-electron chi connectivity index (χ1n) is 6.24. The first-order chi connectivity index (χ1) is 8.69. The molecule has 80 valence electrons. The van der Waals surface area contributed by atoms with E-state index in [1.807, 2.05) is 42.5 Å². The van der Waals surface area contributed by atoms with Gasteiger partial charge in [0.1, 0.15) is 5.75 Å². The van der Waals surface area contributed by atoms with Crippen LogP contribution in [0.15, 0.2) is 54.6 Å². The van der Waals surface area contributed by atoms with Gasteiger partial charge in [-0.25, -0.2) is 0 Å². The molecule has 0 bridgehead atoms. The van der Waals surface area contributed by atoms with Crippen LogP contribution in [0.4, 0.5) is 5.69 Å². The second-order valence-corrected chi connectivity index (χ2v) is 3.64. The van der Waals surface area contributed by atoms with E-state index in [1.165, 1.54) is 0 Å². The van der Waals surface area contributed by atoms with Gasteiger partial charge in [-0.15, -0.1) is 0 Å². The molecule has 0 spiro atoms. The third kappa shape index (κ3) is 1.63. The van der Waals surface area contributed by atoms with Crippen molar-refractivity contribution in [3.63, 3.8) is 0 Å². The molecule has 2 aromatic rings. The Kier molecular flexibility index (Phi) is 1.78. The van der Waals surface area contributed by atoms with Gasteiger partial charge in [-0.05, 0) is 18.2 Å². The Bertz CT molecular complexity index is 557. The highest BCUT2D eigenvalue weighted by molar-refractivity contribution is 5.49. The van der Waals surface area contributed by atoms with Gasteiger partial charge in [-0.3, -0.25) is 0 Å². The molecule has 0 saturated carbocycles. The standard InChI is InChI=1S/C14H13NO/c1-2-7-13(8-3-1)15-10-12-6-4-5-9-14(12)16-11-15/h1-9H,10-11H2/i10D2. The summed E-state index contributed by atoms with van der Waals surface area (Å²) in [5.74, 6) is 0.620. The number of ether oxygens (including phenoxy) is 1.